The molecular weight excluding hydrogens is 229 g/mol. The Hall–Kier alpha value is -1.84. The molecule has 0 spiro atoms. The highest BCUT2D eigenvalue weighted by Gasteiger charge is 2.06. The van der Waals surface area contributed by atoms with Gasteiger partial charge in [0.05, 0.1) is 0 Å². The van der Waals surface area contributed by atoms with Crippen molar-refractivity contribution in [3.8, 4) is 0 Å². The van der Waals surface area contributed by atoms with Gasteiger partial charge in [0.1, 0.15) is 5.82 Å². The van der Waals surface area contributed by atoms with Crippen LogP contribution < -0.4 is 5.32 Å². The molecule has 1 N–H and O–H groups in total. The van der Waals surface area contributed by atoms with Gasteiger partial charge in [0.2, 0.25) is 0 Å². The number of hydrogen-bond acceptors (Lipinski definition) is 2. The molecule has 0 amide bonds. The summed E-state index contributed by atoms with van der Waals surface area (Å²) in [5, 5.41) is 7.69. The van der Waals surface area contributed by atoms with Crippen LogP contribution in [0, 0.1) is 12.7 Å². The number of aromatic nitrogens is 2. The molecular formula is C14H18FN3. The normalized spacial score (nSPS) is 10.9. The van der Waals surface area contributed by atoms with Crippen molar-refractivity contribution in [3.63, 3.8) is 0 Å². The standard InChI is InChI=1S/C14H18FN3/c1-10(2)18-9-11(3)14(17-18)16-8-12-5-4-6-13(15)7-12/h4-7,9-10H,8H2,1-3H3,(H,16,17). The fraction of sp³-hybridized carbons (Fsp3) is 0.357. The van der Waals surface area contributed by atoms with Gasteiger partial charge in [0.25, 0.3) is 0 Å². The van der Waals surface area contributed by atoms with Gasteiger partial charge in [-0.25, -0.2) is 4.39 Å². The molecule has 0 aliphatic rings. The van der Waals surface area contributed by atoms with Crippen LogP contribution in [0.1, 0.15) is 31.0 Å². The highest BCUT2D eigenvalue weighted by Crippen LogP contribution is 2.16. The Labute approximate surface area is 107 Å². The van der Waals surface area contributed by atoms with Crippen LogP contribution in [0.5, 0.6) is 0 Å². The lowest BCUT2D eigenvalue weighted by molar-refractivity contribution is 0.533. The lowest BCUT2D eigenvalue weighted by Gasteiger charge is -2.06. The van der Waals surface area contributed by atoms with Crippen LogP contribution in [0.2, 0.25) is 0 Å². The molecule has 4 heteroatoms. The highest BCUT2D eigenvalue weighted by molar-refractivity contribution is 5.42. The number of benzene rings is 1. The molecule has 0 saturated heterocycles. The van der Waals surface area contributed by atoms with E-state index in [1.165, 1.54) is 12.1 Å². The van der Waals surface area contributed by atoms with Gasteiger partial charge in [-0.05, 0) is 38.5 Å². The summed E-state index contributed by atoms with van der Waals surface area (Å²) in [5.74, 6) is 0.645. The van der Waals surface area contributed by atoms with Crippen molar-refractivity contribution in [1.82, 2.24) is 9.78 Å². The Balaban J connectivity index is 2.06. The smallest absolute Gasteiger partial charge is 0.151 e. The van der Waals surface area contributed by atoms with Crippen molar-refractivity contribution in [2.24, 2.45) is 0 Å². The van der Waals surface area contributed by atoms with Gasteiger partial charge >= 0.3 is 0 Å². The minimum absolute atomic E-state index is 0.210. The summed E-state index contributed by atoms with van der Waals surface area (Å²) in [6, 6.07) is 6.93. The molecule has 0 bridgehead atoms. The average Bonchev–Trinajstić information content (AvgIpc) is 2.68. The first-order chi connectivity index (χ1) is 8.56. The summed E-state index contributed by atoms with van der Waals surface area (Å²) >= 11 is 0. The van der Waals surface area contributed by atoms with E-state index in [-0.39, 0.29) is 5.82 Å². The van der Waals surface area contributed by atoms with Crippen LogP contribution in [-0.2, 0) is 6.54 Å². The summed E-state index contributed by atoms with van der Waals surface area (Å²) < 4.78 is 15.0. The van der Waals surface area contributed by atoms with Crippen molar-refractivity contribution >= 4 is 5.82 Å². The van der Waals surface area contributed by atoms with Crippen LogP contribution in [0.4, 0.5) is 10.2 Å². The van der Waals surface area contributed by atoms with Crippen LogP contribution >= 0.6 is 0 Å². The molecule has 2 aromatic rings. The molecule has 0 fully saturated rings. The topological polar surface area (TPSA) is 29.9 Å². The Morgan fingerprint density at radius 2 is 2.17 bits per heavy atom. The number of halogens is 1. The molecule has 1 aromatic carbocycles. The summed E-state index contributed by atoms with van der Waals surface area (Å²) in [5.41, 5.74) is 2.01. The third-order valence-electron chi connectivity index (χ3n) is 2.79. The molecule has 2 rings (SSSR count). The summed E-state index contributed by atoms with van der Waals surface area (Å²) in [4.78, 5) is 0. The summed E-state index contributed by atoms with van der Waals surface area (Å²) in [6.45, 7) is 6.76. The van der Waals surface area contributed by atoms with E-state index in [9.17, 15) is 4.39 Å². The van der Waals surface area contributed by atoms with Crippen molar-refractivity contribution in [2.75, 3.05) is 5.32 Å². The van der Waals surface area contributed by atoms with E-state index in [0.717, 1.165) is 16.9 Å². The second-order valence-electron chi connectivity index (χ2n) is 4.72. The molecule has 1 heterocycles. The van der Waals surface area contributed by atoms with E-state index in [1.807, 2.05) is 23.9 Å². The van der Waals surface area contributed by atoms with Crippen LogP contribution in [0.15, 0.2) is 30.5 Å². The second kappa shape index (κ2) is 5.21. The Kier molecular flexibility index (Phi) is 3.65. The van der Waals surface area contributed by atoms with Crippen LogP contribution in [-0.4, -0.2) is 9.78 Å². The Morgan fingerprint density at radius 3 is 2.78 bits per heavy atom. The zero-order valence-electron chi connectivity index (χ0n) is 10.9. The van der Waals surface area contributed by atoms with Gasteiger partial charge in [0, 0.05) is 24.3 Å². The van der Waals surface area contributed by atoms with Crippen molar-refractivity contribution < 1.29 is 4.39 Å². The molecule has 0 radical (unpaired) electrons. The quantitative estimate of drug-likeness (QED) is 0.895. The zero-order chi connectivity index (χ0) is 13.1. The number of aryl methyl sites for hydroxylation is 1. The molecule has 1 aromatic heterocycles. The molecule has 0 saturated carbocycles. The molecule has 18 heavy (non-hydrogen) atoms. The van der Waals surface area contributed by atoms with Crippen LogP contribution in [0.25, 0.3) is 0 Å². The van der Waals surface area contributed by atoms with E-state index >= 15 is 0 Å². The molecule has 0 atom stereocenters. The maximum atomic E-state index is 13.0. The zero-order valence-corrected chi connectivity index (χ0v) is 10.9. The minimum Gasteiger partial charge on any atom is -0.364 e. The van der Waals surface area contributed by atoms with Crippen molar-refractivity contribution in [1.29, 1.82) is 0 Å². The molecule has 0 unspecified atom stereocenters. The summed E-state index contributed by atoms with van der Waals surface area (Å²) in [7, 11) is 0. The number of nitrogens with zero attached hydrogens (tertiary/aromatic N) is 2. The SMILES string of the molecule is Cc1cn(C(C)C)nc1NCc1cccc(F)c1. The number of nitrogens with one attached hydrogen (secondary N) is 1. The number of anilines is 1. The maximum Gasteiger partial charge on any atom is 0.151 e. The first-order valence-electron chi connectivity index (χ1n) is 6.10. The Morgan fingerprint density at radius 1 is 1.39 bits per heavy atom. The number of rotatable bonds is 4. The second-order valence-corrected chi connectivity index (χ2v) is 4.72. The first-order valence-corrected chi connectivity index (χ1v) is 6.10. The van der Waals surface area contributed by atoms with Gasteiger partial charge in [-0.1, -0.05) is 12.1 Å². The van der Waals surface area contributed by atoms with Gasteiger partial charge in [-0.2, -0.15) is 5.10 Å². The molecule has 3 nitrogen and oxygen atoms in total. The third-order valence-corrected chi connectivity index (χ3v) is 2.79. The fourth-order valence-electron chi connectivity index (χ4n) is 1.75. The minimum atomic E-state index is -0.210. The fourth-order valence-corrected chi connectivity index (χ4v) is 1.75. The predicted molar refractivity (Wildman–Crippen MR) is 71.1 cm³/mol. The molecule has 0 aliphatic heterocycles. The van der Waals surface area contributed by atoms with E-state index in [2.05, 4.69) is 24.3 Å². The monoisotopic (exact) mass is 247 g/mol. The van der Waals surface area contributed by atoms with E-state index < -0.39 is 0 Å². The Bertz CT molecular complexity index is 532. The lowest BCUT2D eigenvalue weighted by Crippen LogP contribution is -2.04. The van der Waals surface area contributed by atoms with Gasteiger partial charge in [-0.3, -0.25) is 4.68 Å². The van der Waals surface area contributed by atoms with E-state index in [0.29, 0.717) is 12.6 Å². The first kappa shape index (κ1) is 12.6. The predicted octanol–water partition coefficient (Wildman–Crippen LogP) is 3.52. The van der Waals surface area contributed by atoms with Crippen molar-refractivity contribution in [2.45, 2.75) is 33.4 Å². The van der Waals surface area contributed by atoms with E-state index in [1.54, 1.807) is 6.07 Å². The lowest BCUT2D eigenvalue weighted by atomic mass is 10.2. The van der Waals surface area contributed by atoms with Crippen LogP contribution in [0.3, 0.4) is 0 Å². The molecule has 96 valence electrons. The average molecular weight is 247 g/mol. The van der Waals surface area contributed by atoms with Gasteiger partial charge in [-0.15, -0.1) is 0 Å². The highest BCUT2D eigenvalue weighted by atomic mass is 19.1. The van der Waals surface area contributed by atoms with Gasteiger partial charge < -0.3 is 5.32 Å². The molecule has 0 aliphatic carbocycles. The van der Waals surface area contributed by atoms with Gasteiger partial charge in [0.15, 0.2) is 5.82 Å². The largest absolute Gasteiger partial charge is 0.364 e. The van der Waals surface area contributed by atoms with Crippen molar-refractivity contribution in [3.05, 3.63) is 47.4 Å². The maximum absolute atomic E-state index is 13.0. The third kappa shape index (κ3) is 2.88. The van der Waals surface area contributed by atoms with E-state index in [4.69, 9.17) is 0 Å². The number of hydrogen-bond donors (Lipinski definition) is 1. The summed E-state index contributed by atoms with van der Waals surface area (Å²) in [6.07, 6.45) is 2.01.